The standard InChI is InChI=1S/C13H21NO2/c1-10-7-8-11(16-10)9-15-13-6-4-3-5-12(13)14-2/h7-8,12-14H,3-6,9H2,1-2H3. The maximum absolute atomic E-state index is 5.93. The van der Waals surface area contributed by atoms with Crippen molar-refractivity contribution in [3.05, 3.63) is 23.7 Å². The molecule has 2 unspecified atom stereocenters. The van der Waals surface area contributed by atoms with Crippen LogP contribution in [0, 0.1) is 6.92 Å². The van der Waals surface area contributed by atoms with Crippen LogP contribution in [0.5, 0.6) is 0 Å². The van der Waals surface area contributed by atoms with E-state index in [1.54, 1.807) is 0 Å². The number of aryl methyl sites for hydroxylation is 1. The number of rotatable bonds is 4. The van der Waals surface area contributed by atoms with Gasteiger partial charge in [-0.05, 0) is 38.9 Å². The Hall–Kier alpha value is -0.800. The summed E-state index contributed by atoms with van der Waals surface area (Å²) in [6.07, 6.45) is 5.30. The van der Waals surface area contributed by atoms with Crippen LogP contribution in [0.15, 0.2) is 16.5 Å². The highest BCUT2D eigenvalue weighted by Crippen LogP contribution is 2.22. The van der Waals surface area contributed by atoms with Crippen molar-refractivity contribution in [2.45, 2.75) is 51.4 Å². The van der Waals surface area contributed by atoms with Crippen LogP contribution in [0.2, 0.25) is 0 Å². The Kier molecular flexibility index (Phi) is 4.02. The van der Waals surface area contributed by atoms with E-state index in [0.29, 0.717) is 18.8 Å². The van der Waals surface area contributed by atoms with E-state index in [-0.39, 0.29) is 0 Å². The Labute approximate surface area is 97.2 Å². The summed E-state index contributed by atoms with van der Waals surface area (Å²) in [5.41, 5.74) is 0. The van der Waals surface area contributed by atoms with Gasteiger partial charge in [0.2, 0.25) is 0 Å². The summed E-state index contributed by atoms with van der Waals surface area (Å²) in [7, 11) is 2.02. The Morgan fingerprint density at radius 1 is 1.38 bits per heavy atom. The van der Waals surface area contributed by atoms with E-state index in [4.69, 9.17) is 9.15 Å². The van der Waals surface area contributed by atoms with Crippen molar-refractivity contribution in [2.75, 3.05) is 7.05 Å². The first-order valence-electron chi connectivity index (χ1n) is 6.14. The van der Waals surface area contributed by atoms with E-state index in [2.05, 4.69) is 5.32 Å². The van der Waals surface area contributed by atoms with E-state index in [1.165, 1.54) is 19.3 Å². The third kappa shape index (κ3) is 2.86. The first kappa shape index (κ1) is 11.7. The van der Waals surface area contributed by atoms with Gasteiger partial charge in [-0.3, -0.25) is 0 Å². The monoisotopic (exact) mass is 223 g/mol. The molecule has 0 amide bonds. The fourth-order valence-electron chi connectivity index (χ4n) is 2.38. The van der Waals surface area contributed by atoms with Crippen LogP contribution in [0.3, 0.4) is 0 Å². The first-order chi connectivity index (χ1) is 7.79. The van der Waals surface area contributed by atoms with E-state index >= 15 is 0 Å². The van der Waals surface area contributed by atoms with E-state index in [1.807, 2.05) is 26.1 Å². The molecule has 1 saturated carbocycles. The molecular formula is C13H21NO2. The number of likely N-dealkylation sites (N-methyl/N-ethyl adjacent to an activating group) is 1. The summed E-state index contributed by atoms with van der Waals surface area (Å²) in [6.45, 7) is 2.55. The average Bonchev–Trinajstić information content (AvgIpc) is 2.73. The fraction of sp³-hybridized carbons (Fsp3) is 0.692. The van der Waals surface area contributed by atoms with Crippen molar-refractivity contribution in [3.63, 3.8) is 0 Å². The molecule has 3 nitrogen and oxygen atoms in total. The minimum Gasteiger partial charge on any atom is -0.464 e. The van der Waals surface area contributed by atoms with Crippen LogP contribution in [0.1, 0.15) is 37.2 Å². The van der Waals surface area contributed by atoms with Crippen LogP contribution in [0.25, 0.3) is 0 Å². The second-order valence-electron chi connectivity index (χ2n) is 4.54. The van der Waals surface area contributed by atoms with Gasteiger partial charge in [0.05, 0.1) is 6.10 Å². The van der Waals surface area contributed by atoms with Crippen molar-refractivity contribution in [1.82, 2.24) is 5.32 Å². The lowest BCUT2D eigenvalue weighted by Crippen LogP contribution is -2.41. The molecular weight excluding hydrogens is 202 g/mol. The SMILES string of the molecule is CNC1CCCCC1OCc1ccc(C)o1. The molecule has 90 valence electrons. The van der Waals surface area contributed by atoms with Gasteiger partial charge in [-0.25, -0.2) is 0 Å². The number of ether oxygens (including phenoxy) is 1. The van der Waals surface area contributed by atoms with Gasteiger partial charge >= 0.3 is 0 Å². The molecule has 0 radical (unpaired) electrons. The molecule has 0 spiro atoms. The quantitative estimate of drug-likeness (QED) is 0.852. The van der Waals surface area contributed by atoms with Gasteiger partial charge in [0.1, 0.15) is 18.1 Å². The van der Waals surface area contributed by atoms with E-state index in [0.717, 1.165) is 17.9 Å². The van der Waals surface area contributed by atoms with Gasteiger partial charge < -0.3 is 14.5 Å². The third-order valence-corrected chi connectivity index (χ3v) is 3.31. The van der Waals surface area contributed by atoms with E-state index in [9.17, 15) is 0 Å². The predicted octanol–water partition coefficient (Wildman–Crippen LogP) is 2.64. The highest BCUT2D eigenvalue weighted by atomic mass is 16.5. The van der Waals surface area contributed by atoms with Crippen LogP contribution in [-0.2, 0) is 11.3 Å². The van der Waals surface area contributed by atoms with Gasteiger partial charge in [0.25, 0.3) is 0 Å². The maximum Gasteiger partial charge on any atom is 0.129 e. The largest absolute Gasteiger partial charge is 0.464 e. The van der Waals surface area contributed by atoms with Crippen LogP contribution >= 0.6 is 0 Å². The predicted molar refractivity (Wildman–Crippen MR) is 63.3 cm³/mol. The molecule has 3 heteroatoms. The Morgan fingerprint density at radius 3 is 2.88 bits per heavy atom. The molecule has 2 rings (SSSR count). The fourth-order valence-corrected chi connectivity index (χ4v) is 2.38. The average molecular weight is 223 g/mol. The lowest BCUT2D eigenvalue weighted by atomic mass is 9.92. The molecule has 1 aromatic rings. The third-order valence-electron chi connectivity index (χ3n) is 3.31. The molecule has 1 heterocycles. The molecule has 0 aliphatic heterocycles. The van der Waals surface area contributed by atoms with Gasteiger partial charge in [0, 0.05) is 6.04 Å². The van der Waals surface area contributed by atoms with Crippen molar-refractivity contribution in [2.24, 2.45) is 0 Å². The topological polar surface area (TPSA) is 34.4 Å². The van der Waals surface area contributed by atoms with Gasteiger partial charge in [-0.2, -0.15) is 0 Å². The lowest BCUT2D eigenvalue weighted by Gasteiger charge is -2.30. The zero-order chi connectivity index (χ0) is 11.4. The van der Waals surface area contributed by atoms with Gasteiger partial charge in [-0.1, -0.05) is 12.8 Å². The number of hydrogen-bond acceptors (Lipinski definition) is 3. The number of hydrogen-bond donors (Lipinski definition) is 1. The number of nitrogens with one attached hydrogen (secondary N) is 1. The van der Waals surface area contributed by atoms with E-state index < -0.39 is 0 Å². The zero-order valence-corrected chi connectivity index (χ0v) is 10.2. The maximum atomic E-state index is 5.93. The first-order valence-corrected chi connectivity index (χ1v) is 6.14. The second kappa shape index (κ2) is 5.51. The van der Waals surface area contributed by atoms with Crippen molar-refractivity contribution in [1.29, 1.82) is 0 Å². The smallest absolute Gasteiger partial charge is 0.129 e. The van der Waals surface area contributed by atoms with Crippen LogP contribution in [-0.4, -0.2) is 19.2 Å². The molecule has 0 aromatic carbocycles. The molecule has 1 fully saturated rings. The number of furan rings is 1. The Bertz CT molecular complexity index is 321. The summed E-state index contributed by atoms with van der Waals surface area (Å²) in [4.78, 5) is 0. The highest BCUT2D eigenvalue weighted by molar-refractivity contribution is 5.04. The molecule has 1 aliphatic rings. The van der Waals surface area contributed by atoms with Gasteiger partial charge in [0.15, 0.2) is 0 Å². The molecule has 0 saturated heterocycles. The molecule has 1 N–H and O–H groups in total. The van der Waals surface area contributed by atoms with Crippen LogP contribution in [0.4, 0.5) is 0 Å². The Morgan fingerprint density at radius 2 is 2.19 bits per heavy atom. The van der Waals surface area contributed by atoms with Gasteiger partial charge in [-0.15, -0.1) is 0 Å². The highest BCUT2D eigenvalue weighted by Gasteiger charge is 2.24. The molecule has 2 atom stereocenters. The van der Waals surface area contributed by atoms with Crippen molar-refractivity contribution < 1.29 is 9.15 Å². The van der Waals surface area contributed by atoms with Crippen LogP contribution < -0.4 is 5.32 Å². The normalized spacial score (nSPS) is 25.9. The molecule has 1 aromatic heterocycles. The molecule has 16 heavy (non-hydrogen) atoms. The van der Waals surface area contributed by atoms with Crippen molar-refractivity contribution >= 4 is 0 Å². The summed E-state index contributed by atoms with van der Waals surface area (Å²) in [5, 5.41) is 3.34. The summed E-state index contributed by atoms with van der Waals surface area (Å²) < 4.78 is 11.4. The second-order valence-corrected chi connectivity index (χ2v) is 4.54. The molecule has 0 bridgehead atoms. The lowest BCUT2D eigenvalue weighted by molar-refractivity contribution is -0.0108. The summed E-state index contributed by atoms with van der Waals surface area (Å²) in [6, 6.07) is 4.48. The minimum absolute atomic E-state index is 0.337. The van der Waals surface area contributed by atoms with Crippen molar-refractivity contribution in [3.8, 4) is 0 Å². The summed E-state index contributed by atoms with van der Waals surface area (Å²) >= 11 is 0. The zero-order valence-electron chi connectivity index (χ0n) is 10.2. The Balaban J connectivity index is 1.84. The molecule has 1 aliphatic carbocycles. The summed E-state index contributed by atoms with van der Waals surface area (Å²) in [5.74, 6) is 1.88. The minimum atomic E-state index is 0.337.